The molecule has 2 aromatic carbocycles. The molecule has 0 nitrogen and oxygen atoms in total. The van der Waals surface area contributed by atoms with Crippen LogP contribution < -0.4 is 0 Å². The summed E-state index contributed by atoms with van der Waals surface area (Å²) >= 11 is 0. The summed E-state index contributed by atoms with van der Waals surface area (Å²) in [4.78, 5) is 0. The third-order valence-corrected chi connectivity index (χ3v) is 3.03. The fraction of sp³-hybridized carbons (Fsp3) is 0.176. The van der Waals surface area contributed by atoms with Gasteiger partial charge in [0.05, 0.1) is 0 Å². The molecule has 17 heavy (non-hydrogen) atoms. The van der Waals surface area contributed by atoms with Crippen molar-refractivity contribution in [2.75, 3.05) is 0 Å². The van der Waals surface area contributed by atoms with Gasteiger partial charge in [-0.3, -0.25) is 0 Å². The van der Waals surface area contributed by atoms with Gasteiger partial charge in [-0.15, -0.1) is 6.42 Å². The molecular formula is C17H16. The average molecular weight is 220 g/mol. The molecule has 0 heteroatoms. The van der Waals surface area contributed by atoms with Crippen LogP contribution in [0.25, 0.3) is 11.1 Å². The SMILES string of the molecule is C#Cc1ccccc1-c1c(C)cc(C)cc1C. The molecule has 0 saturated heterocycles. The van der Waals surface area contributed by atoms with Crippen molar-refractivity contribution in [1.82, 2.24) is 0 Å². The maximum Gasteiger partial charge on any atom is 0.0321 e. The first-order valence-electron chi connectivity index (χ1n) is 5.77. The van der Waals surface area contributed by atoms with Crippen molar-refractivity contribution in [3.8, 4) is 23.5 Å². The molecule has 0 fully saturated rings. The van der Waals surface area contributed by atoms with Crippen molar-refractivity contribution < 1.29 is 0 Å². The van der Waals surface area contributed by atoms with E-state index >= 15 is 0 Å². The lowest BCUT2D eigenvalue weighted by Crippen LogP contribution is -1.92. The number of rotatable bonds is 1. The van der Waals surface area contributed by atoms with E-state index < -0.39 is 0 Å². The zero-order chi connectivity index (χ0) is 12.4. The zero-order valence-electron chi connectivity index (χ0n) is 10.5. The molecular weight excluding hydrogens is 204 g/mol. The van der Waals surface area contributed by atoms with Crippen LogP contribution >= 0.6 is 0 Å². The van der Waals surface area contributed by atoms with Crippen LogP contribution in [-0.2, 0) is 0 Å². The molecule has 0 N–H and O–H groups in total. The van der Waals surface area contributed by atoms with Gasteiger partial charge < -0.3 is 0 Å². The third-order valence-electron chi connectivity index (χ3n) is 3.03. The molecule has 0 aliphatic rings. The van der Waals surface area contributed by atoms with Crippen LogP contribution in [-0.4, -0.2) is 0 Å². The normalized spacial score (nSPS) is 10.0. The molecule has 84 valence electrons. The third kappa shape index (κ3) is 2.10. The van der Waals surface area contributed by atoms with Gasteiger partial charge in [0.2, 0.25) is 0 Å². The smallest absolute Gasteiger partial charge is 0.0321 e. The second-order valence-electron chi connectivity index (χ2n) is 4.46. The highest BCUT2D eigenvalue weighted by Crippen LogP contribution is 2.30. The van der Waals surface area contributed by atoms with Crippen molar-refractivity contribution in [2.45, 2.75) is 20.8 Å². The Balaban J connectivity index is 2.74. The van der Waals surface area contributed by atoms with Crippen LogP contribution in [0.1, 0.15) is 22.3 Å². The Bertz CT molecular complexity index is 575. The lowest BCUT2D eigenvalue weighted by atomic mass is 9.91. The molecule has 0 aliphatic heterocycles. The molecule has 0 radical (unpaired) electrons. The Kier molecular flexibility index (Phi) is 3.02. The summed E-state index contributed by atoms with van der Waals surface area (Å²) in [5.74, 6) is 2.76. The van der Waals surface area contributed by atoms with Gasteiger partial charge in [-0.1, -0.05) is 41.8 Å². The Hall–Kier alpha value is -2.00. The van der Waals surface area contributed by atoms with Gasteiger partial charge >= 0.3 is 0 Å². The molecule has 0 saturated carbocycles. The van der Waals surface area contributed by atoms with E-state index in [1.54, 1.807) is 0 Å². The first-order valence-corrected chi connectivity index (χ1v) is 5.77. The monoisotopic (exact) mass is 220 g/mol. The molecule has 0 heterocycles. The lowest BCUT2D eigenvalue weighted by molar-refractivity contribution is 1.32. The predicted octanol–water partition coefficient (Wildman–Crippen LogP) is 4.26. The maximum atomic E-state index is 5.57. The van der Waals surface area contributed by atoms with Crippen molar-refractivity contribution in [1.29, 1.82) is 0 Å². The first-order chi connectivity index (χ1) is 8.13. The molecule has 2 rings (SSSR count). The summed E-state index contributed by atoms with van der Waals surface area (Å²) in [5.41, 5.74) is 7.24. The first kappa shape index (κ1) is 11.5. The average Bonchev–Trinajstić information content (AvgIpc) is 2.28. The summed E-state index contributed by atoms with van der Waals surface area (Å²) < 4.78 is 0. The van der Waals surface area contributed by atoms with Gasteiger partial charge in [0.15, 0.2) is 0 Å². The Morgan fingerprint density at radius 2 is 1.53 bits per heavy atom. The summed E-state index contributed by atoms with van der Waals surface area (Å²) in [6.45, 7) is 6.40. The lowest BCUT2D eigenvalue weighted by Gasteiger charge is -2.13. The van der Waals surface area contributed by atoms with E-state index in [-0.39, 0.29) is 0 Å². The predicted molar refractivity (Wildman–Crippen MR) is 74.0 cm³/mol. The maximum absolute atomic E-state index is 5.57. The van der Waals surface area contributed by atoms with Crippen LogP contribution in [0.3, 0.4) is 0 Å². The second-order valence-corrected chi connectivity index (χ2v) is 4.46. The quantitative estimate of drug-likeness (QED) is 0.630. The Labute approximate surface area is 103 Å². The number of hydrogen-bond donors (Lipinski definition) is 0. The minimum absolute atomic E-state index is 0.961. The molecule has 0 aliphatic carbocycles. The van der Waals surface area contributed by atoms with Gasteiger partial charge in [-0.25, -0.2) is 0 Å². The van der Waals surface area contributed by atoms with Gasteiger partial charge in [-0.2, -0.15) is 0 Å². The van der Waals surface area contributed by atoms with E-state index in [0.717, 1.165) is 11.1 Å². The van der Waals surface area contributed by atoms with E-state index in [9.17, 15) is 0 Å². The highest BCUT2D eigenvalue weighted by Gasteiger charge is 2.09. The standard InChI is InChI=1S/C17H16/c1-5-15-8-6-7-9-16(15)17-13(3)10-12(2)11-14(17)4/h1,6-11H,2-4H3. The van der Waals surface area contributed by atoms with Crippen LogP contribution in [0.15, 0.2) is 36.4 Å². The van der Waals surface area contributed by atoms with E-state index in [2.05, 4.69) is 44.9 Å². The van der Waals surface area contributed by atoms with Gasteiger partial charge in [-0.05, 0) is 49.1 Å². The molecule has 0 aromatic heterocycles. The molecule has 0 unspecified atom stereocenters. The second kappa shape index (κ2) is 4.47. The van der Waals surface area contributed by atoms with Gasteiger partial charge in [0.1, 0.15) is 0 Å². The molecule has 0 spiro atoms. The van der Waals surface area contributed by atoms with E-state index in [0.29, 0.717) is 0 Å². The van der Waals surface area contributed by atoms with Crippen LogP contribution in [0.4, 0.5) is 0 Å². The zero-order valence-corrected chi connectivity index (χ0v) is 10.5. The Morgan fingerprint density at radius 1 is 0.941 bits per heavy atom. The summed E-state index contributed by atoms with van der Waals surface area (Å²) in [6, 6.07) is 12.5. The number of hydrogen-bond acceptors (Lipinski definition) is 0. The number of terminal acetylenes is 1. The number of aryl methyl sites for hydroxylation is 3. The Morgan fingerprint density at radius 3 is 2.12 bits per heavy atom. The molecule has 0 atom stereocenters. The van der Waals surface area contributed by atoms with Crippen molar-refractivity contribution in [3.63, 3.8) is 0 Å². The van der Waals surface area contributed by atoms with Crippen LogP contribution in [0.5, 0.6) is 0 Å². The number of benzene rings is 2. The van der Waals surface area contributed by atoms with Gasteiger partial charge in [0.25, 0.3) is 0 Å². The molecule has 0 amide bonds. The van der Waals surface area contributed by atoms with Crippen LogP contribution in [0.2, 0.25) is 0 Å². The highest BCUT2D eigenvalue weighted by atomic mass is 14.1. The van der Waals surface area contributed by atoms with E-state index in [1.807, 2.05) is 18.2 Å². The minimum Gasteiger partial charge on any atom is -0.115 e. The van der Waals surface area contributed by atoms with Gasteiger partial charge in [0, 0.05) is 5.56 Å². The van der Waals surface area contributed by atoms with Crippen molar-refractivity contribution in [2.24, 2.45) is 0 Å². The molecule has 0 bridgehead atoms. The van der Waals surface area contributed by atoms with E-state index in [4.69, 9.17) is 6.42 Å². The molecule has 2 aromatic rings. The minimum atomic E-state index is 0.961. The fourth-order valence-corrected chi connectivity index (χ4v) is 2.43. The summed E-state index contributed by atoms with van der Waals surface area (Å²) in [7, 11) is 0. The fourth-order valence-electron chi connectivity index (χ4n) is 2.43. The van der Waals surface area contributed by atoms with Crippen molar-refractivity contribution >= 4 is 0 Å². The largest absolute Gasteiger partial charge is 0.115 e. The van der Waals surface area contributed by atoms with Crippen molar-refractivity contribution in [3.05, 3.63) is 58.7 Å². The highest BCUT2D eigenvalue weighted by molar-refractivity contribution is 5.76. The topological polar surface area (TPSA) is 0 Å². The van der Waals surface area contributed by atoms with Crippen LogP contribution in [0, 0.1) is 33.1 Å². The summed E-state index contributed by atoms with van der Waals surface area (Å²) in [6.07, 6.45) is 5.57. The summed E-state index contributed by atoms with van der Waals surface area (Å²) in [5, 5.41) is 0. The van der Waals surface area contributed by atoms with E-state index in [1.165, 1.54) is 22.3 Å².